The maximum atomic E-state index is 12.7. The van der Waals surface area contributed by atoms with E-state index in [1.807, 2.05) is 6.07 Å². The minimum atomic E-state index is -1.52. The Morgan fingerprint density at radius 1 is 1.16 bits per heavy atom. The average Bonchev–Trinajstić information content (AvgIpc) is 3.07. The highest BCUT2D eigenvalue weighted by Gasteiger charge is 2.40. The van der Waals surface area contributed by atoms with Crippen molar-refractivity contribution in [2.45, 2.75) is 32.1 Å². The Kier molecular flexibility index (Phi) is 4.79. The number of aliphatic carboxylic acids is 1. The third kappa shape index (κ3) is 3.25. The molecule has 1 amide bonds. The van der Waals surface area contributed by atoms with E-state index in [-0.39, 0.29) is 6.42 Å². The highest BCUT2D eigenvalue weighted by atomic mass is 35.5. The third-order valence-corrected chi connectivity index (χ3v) is 4.79. The Labute approximate surface area is 150 Å². The van der Waals surface area contributed by atoms with Gasteiger partial charge in [-0.1, -0.05) is 36.7 Å². The van der Waals surface area contributed by atoms with Crippen molar-refractivity contribution in [3.63, 3.8) is 0 Å². The van der Waals surface area contributed by atoms with E-state index in [1.165, 1.54) is 0 Å². The van der Waals surface area contributed by atoms with Crippen LogP contribution in [0.1, 0.15) is 40.4 Å². The van der Waals surface area contributed by atoms with Crippen LogP contribution in [0, 0.1) is 0 Å². The molecule has 5 nitrogen and oxygen atoms in total. The molecule has 1 atom stereocenters. The largest absolute Gasteiger partial charge is 0.479 e. The molecular weight excluding hydrogens is 342 g/mol. The van der Waals surface area contributed by atoms with E-state index in [0.717, 1.165) is 11.1 Å². The van der Waals surface area contributed by atoms with Crippen molar-refractivity contribution in [2.24, 2.45) is 0 Å². The lowest BCUT2D eigenvalue weighted by atomic mass is 9.86. The number of carbonyl (C=O) groups excluding carboxylic acids is 1. The van der Waals surface area contributed by atoms with Crippen LogP contribution < -0.4 is 5.32 Å². The summed E-state index contributed by atoms with van der Waals surface area (Å²) in [6, 6.07) is 11.8. The fourth-order valence-electron chi connectivity index (χ4n) is 3.01. The van der Waals surface area contributed by atoms with Crippen molar-refractivity contribution in [1.82, 2.24) is 5.32 Å². The number of rotatable bonds is 5. The van der Waals surface area contributed by atoms with E-state index in [0.29, 0.717) is 29.4 Å². The SMILES string of the molecule is CCC(NC(=O)c1ccc2c(c1)COC2)(C(=O)O)c1ccc(Cl)cc1. The molecule has 0 radical (unpaired) electrons. The number of carboxylic acid groups (broad SMARTS) is 1. The molecule has 2 aromatic carbocycles. The zero-order valence-corrected chi connectivity index (χ0v) is 14.5. The van der Waals surface area contributed by atoms with Gasteiger partial charge in [0.1, 0.15) is 0 Å². The van der Waals surface area contributed by atoms with Crippen LogP contribution in [0.25, 0.3) is 0 Å². The Hall–Kier alpha value is -2.37. The molecule has 0 aromatic heterocycles. The van der Waals surface area contributed by atoms with Gasteiger partial charge in [-0.15, -0.1) is 0 Å². The molecule has 1 aliphatic heterocycles. The smallest absolute Gasteiger partial charge is 0.334 e. The Morgan fingerprint density at radius 2 is 1.84 bits per heavy atom. The fourth-order valence-corrected chi connectivity index (χ4v) is 3.13. The van der Waals surface area contributed by atoms with Gasteiger partial charge in [0.15, 0.2) is 5.54 Å². The molecule has 1 aliphatic rings. The van der Waals surface area contributed by atoms with Crippen LogP contribution in [-0.4, -0.2) is 17.0 Å². The van der Waals surface area contributed by atoms with E-state index in [1.54, 1.807) is 43.3 Å². The van der Waals surface area contributed by atoms with Crippen LogP contribution in [0.15, 0.2) is 42.5 Å². The van der Waals surface area contributed by atoms with Gasteiger partial charge in [0.2, 0.25) is 0 Å². The summed E-state index contributed by atoms with van der Waals surface area (Å²) < 4.78 is 5.35. The zero-order valence-electron chi connectivity index (χ0n) is 13.7. The predicted octanol–water partition coefficient (Wildman–Crippen LogP) is 3.49. The first kappa shape index (κ1) is 17.5. The molecule has 1 unspecified atom stereocenters. The predicted molar refractivity (Wildman–Crippen MR) is 93.5 cm³/mol. The van der Waals surface area contributed by atoms with E-state index in [2.05, 4.69) is 5.32 Å². The van der Waals surface area contributed by atoms with Crippen LogP contribution in [0.3, 0.4) is 0 Å². The minimum absolute atomic E-state index is 0.198. The lowest BCUT2D eigenvalue weighted by molar-refractivity contribution is -0.145. The number of carbonyl (C=O) groups is 2. The van der Waals surface area contributed by atoms with Gasteiger partial charge in [-0.25, -0.2) is 4.79 Å². The van der Waals surface area contributed by atoms with E-state index in [4.69, 9.17) is 16.3 Å². The molecule has 25 heavy (non-hydrogen) atoms. The molecule has 2 N–H and O–H groups in total. The number of halogens is 1. The first-order chi connectivity index (χ1) is 12.0. The van der Waals surface area contributed by atoms with E-state index >= 15 is 0 Å². The van der Waals surface area contributed by atoms with Crippen molar-refractivity contribution in [2.75, 3.05) is 0 Å². The van der Waals surface area contributed by atoms with Gasteiger partial charge in [-0.2, -0.15) is 0 Å². The first-order valence-electron chi connectivity index (χ1n) is 7.98. The standard InChI is InChI=1S/C19H18ClNO4/c1-2-19(18(23)24,15-5-7-16(20)8-6-15)21-17(22)12-3-4-13-10-25-11-14(13)9-12/h3-9H,2,10-11H2,1H3,(H,21,22)(H,23,24). The Morgan fingerprint density at radius 3 is 2.48 bits per heavy atom. The summed E-state index contributed by atoms with van der Waals surface area (Å²) in [4.78, 5) is 24.7. The van der Waals surface area contributed by atoms with Crippen LogP contribution in [-0.2, 0) is 28.3 Å². The zero-order chi connectivity index (χ0) is 18.0. The summed E-state index contributed by atoms with van der Waals surface area (Å²) in [5, 5.41) is 13.0. The number of amides is 1. The van der Waals surface area contributed by atoms with Crippen molar-refractivity contribution in [1.29, 1.82) is 0 Å². The maximum absolute atomic E-state index is 12.7. The highest BCUT2D eigenvalue weighted by Crippen LogP contribution is 2.28. The monoisotopic (exact) mass is 359 g/mol. The van der Waals surface area contributed by atoms with Crippen molar-refractivity contribution < 1.29 is 19.4 Å². The van der Waals surface area contributed by atoms with Crippen molar-refractivity contribution in [3.05, 3.63) is 69.7 Å². The molecule has 1 heterocycles. The number of carboxylic acids is 1. The van der Waals surface area contributed by atoms with Gasteiger partial charge < -0.3 is 15.2 Å². The van der Waals surface area contributed by atoms with Crippen LogP contribution in [0.5, 0.6) is 0 Å². The molecule has 6 heteroatoms. The number of fused-ring (bicyclic) bond motifs is 1. The number of hydrogen-bond donors (Lipinski definition) is 2. The minimum Gasteiger partial charge on any atom is -0.479 e. The highest BCUT2D eigenvalue weighted by molar-refractivity contribution is 6.30. The molecular formula is C19H18ClNO4. The van der Waals surface area contributed by atoms with Crippen LogP contribution in [0.4, 0.5) is 0 Å². The molecule has 0 saturated heterocycles. The van der Waals surface area contributed by atoms with Gasteiger partial charge in [-0.05, 0) is 47.4 Å². The normalized spacial score (nSPS) is 15.3. The summed E-state index contributed by atoms with van der Waals surface area (Å²) in [6.07, 6.45) is 0.198. The average molecular weight is 360 g/mol. The van der Waals surface area contributed by atoms with Crippen molar-refractivity contribution in [3.8, 4) is 0 Å². The molecule has 0 spiro atoms. The van der Waals surface area contributed by atoms with E-state index in [9.17, 15) is 14.7 Å². The summed E-state index contributed by atoms with van der Waals surface area (Å²) in [5.74, 6) is -1.55. The number of ether oxygens (including phenoxy) is 1. The van der Waals surface area contributed by atoms with Gasteiger partial charge in [0.05, 0.1) is 13.2 Å². The number of nitrogens with one attached hydrogen (secondary N) is 1. The fraction of sp³-hybridized carbons (Fsp3) is 0.263. The lowest BCUT2D eigenvalue weighted by Crippen LogP contribution is -2.51. The summed E-state index contributed by atoms with van der Waals surface area (Å²) >= 11 is 5.89. The topological polar surface area (TPSA) is 75.6 Å². The molecule has 130 valence electrons. The van der Waals surface area contributed by atoms with Gasteiger partial charge in [0, 0.05) is 10.6 Å². The maximum Gasteiger partial charge on any atom is 0.334 e. The Bertz CT molecular complexity index is 819. The molecule has 0 fully saturated rings. The van der Waals surface area contributed by atoms with Crippen molar-refractivity contribution >= 4 is 23.5 Å². The molecule has 2 aromatic rings. The second kappa shape index (κ2) is 6.86. The van der Waals surface area contributed by atoms with Crippen LogP contribution >= 0.6 is 11.6 Å². The van der Waals surface area contributed by atoms with Gasteiger partial charge >= 0.3 is 5.97 Å². The summed E-state index contributed by atoms with van der Waals surface area (Å²) in [7, 11) is 0. The first-order valence-corrected chi connectivity index (χ1v) is 8.35. The molecule has 0 bridgehead atoms. The molecule has 3 rings (SSSR count). The summed E-state index contributed by atoms with van der Waals surface area (Å²) in [5.41, 5.74) is 1.38. The number of hydrogen-bond acceptors (Lipinski definition) is 3. The number of benzene rings is 2. The van der Waals surface area contributed by atoms with Gasteiger partial charge in [0.25, 0.3) is 5.91 Å². The second-order valence-electron chi connectivity index (χ2n) is 6.00. The Balaban J connectivity index is 1.94. The molecule has 0 aliphatic carbocycles. The second-order valence-corrected chi connectivity index (χ2v) is 6.44. The summed E-state index contributed by atoms with van der Waals surface area (Å²) in [6.45, 7) is 2.72. The van der Waals surface area contributed by atoms with E-state index < -0.39 is 17.4 Å². The van der Waals surface area contributed by atoms with Gasteiger partial charge in [-0.3, -0.25) is 4.79 Å². The van der Waals surface area contributed by atoms with Crippen LogP contribution in [0.2, 0.25) is 5.02 Å². The molecule has 0 saturated carbocycles. The quantitative estimate of drug-likeness (QED) is 0.856. The third-order valence-electron chi connectivity index (χ3n) is 4.54. The lowest BCUT2D eigenvalue weighted by Gasteiger charge is -2.30.